The first kappa shape index (κ1) is 18.0. The molecule has 22 heavy (non-hydrogen) atoms. The molecule has 0 saturated heterocycles. The van der Waals surface area contributed by atoms with E-state index in [4.69, 9.17) is 4.74 Å². The van der Waals surface area contributed by atoms with Gasteiger partial charge in [-0.3, -0.25) is 4.79 Å². The Hall–Kier alpha value is -2.04. The van der Waals surface area contributed by atoms with Crippen LogP contribution in [0, 0.1) is 5.41 Å². The molecule has 0 unspecified atom stereocenters. The highest BCUT2D eigenvalue weighted by molar-refractivity contribution is 5.74. The molecular weight excluding hydrogens is 282 g/mol. The van der Waals surface area contributed by atoms with Crippen LogP contribution in [0.2, 0.25) is 0 Å². The zero-order chi connectivity index (χ0) is 16.8. The number of benzene rings is 1. The minimum atomic E-state index is -0.934. The van der Waals surface area contributed by atoms with Gasteiger partial charge in [0, 0.05) is 6.54 Å². The molecule has 0 spiro atoms. The molecule has 5 heteroatoms. The maximum Gasteiger partial charge on any atom is 0.407 e. The molecule has 1 rings (SSSR count). The van der Waals surface area contributed by atoms with Gasteiger partial charge in [-0.15, -0.1) is 0 Å². The van der Waals surface area contributed by atoms with E-state index in [9.17, 15) is 14.7 Å². The Morgan fingerprint density at radius 1 is 1.14 bits per heavy atom. The standard InChI is InChI=1S/C17H25NO4/c1-16(2,3)22-15(21)18-11-10-17(4,14(19)20)12-13-8-6-5-7-9-13/h5-9H,10-12H2,1-4H3,(H,18,21)(H,19,20)/t17-/m1/s1. The lowest BCUT2D eigenvalue weighted by Crippen LogP contribution is -2.37. The summed E-state index contributed by atoms with van der Waals surface area (Å²) in [5.74, 6) is -0.873. The molecule has 0 aliphatic carbocycles. The Bertz CT molecular complexity index is 507. The number of ether oxygens (including phenoxy) is 1. The predicted octanol–water partition coefficient (Wildman–Crippen LogP) is 3.23. The van der Waals surface area contributed by atoms with Gasteiger partial charge >= 0.3 is 12.1 Å². The minimum Gasteiger partial charge on any atom is -0.481 e. The van der Waals surface area contributed by atoms with Gasteiger partial charge in [-0.05, 0) is 46.1 Å². The summed E-state index contributed by atoms with van der Waals surface area (Å²) in [6.07, 6.45) is 0.218. The van der Waals surface area contributed by atoms with Gasteiger partial charge in [0.25, 0.3) is 0 Å². The molecule has 0 heterocycles. The number of amides is 1. The fourth-order valence-corrected chi connectivity index (χ4v) is 2.07. The van der Waals surface area contributed by atoms with Crippen molar-refractivity contribution >= 4 is 12.1 Å². The van der Waals surface area contributed by atoms with E-state index in [-0.39, 0.29) is 6.54 Å². The molecule has 5 nitrogen and oxygen atoms in total. The Labute approximate surface area is 131 Å². The van der Waals surface area contributed by atoms with Crippen LogP contribution >= 0.6 is 0 Å². The van der Waals surface area contributed by atoms with Crippen LogP contribution in [0.4, 0.5) is 4.79 Å². The molecule has 0 aliphatic rings. The number of alkyl carbamates (subject to hydrolysis) is 1. The van der Waals surface area contributed by atoms with E-state index in [2.05, 4.69) is 5.32 Å². The van der Waals surface area contributed by atoms with Gasteiger partial charge in [0.15, 0.2) is 0 Å². The van der Waals surface area contributed by atoms with E-state index >= 15 is 0 Å². The second-order valence-corrected chi connectivity index (χ2v) is 6.71. The third-order valence-corrected chi connectivity index (χ3v) is 3.30. The number of carboxylic acid groups (broad SMARTS) is 1. The summed E-state index contributed by atoms with van der Waals surface area (Å²) in [4.78, 5) is 23.2. The molecule has 0 saturated carbocycles. The second-order valence-electron chi connectivity index (χ2n) is 6.71. The van der Waals surface area contributed by atoms with Gasteiger partial charge in [-0.25, -0.2) is 4.79 Å². The van der Waals surface area contributed by atoms with Gasteiger partial charge in [-0.1, -0.05) is 30.3 Å². The summed E-state index contributed by atoms with van der Waals surface area (Å²) < 4.78 is 5.13. The number of nitrogens with one attached hydrogen (secondary N) is 1. The smallest absolute Gasteiger partial charge is 0.407 e. The summed E-state index contributed by atoms with van der Waals surface area (Å²) >= 11 is 0. The van der Waals surface area contributed by atoms with E-state index in [1.807, 2.05) is 30.3 Å². The second kappa shape index (κ2) is 7.29. The van der Waals surface area contributed by atoms with Crippen molar-refractivity contribution in [3.05, 3.63) is 35.9 Å². The van der Waals surface area contributed by atoms with E-state index in [1.54, 1.807) is 27.7 Å². The van der Waals surface area contributed by atoms with Crippen molar-refractivity contribution < 1.29 is 19.4 Å². The minimum absolute atomic E-state index is 0.255. The average molecular weight is 307 g/mol. The molecule has 0 aromatic heterocycles. The highest BCUT2D eigenvalue weighted by Gasteiger charge is 2.33. The van der Waals surface area contributed by atoms with Crippen LogP contribution in [0.5, 0.6) is 0 Å². The van der Waals surface area contributed by atoms with Gasteiger partial charge < -0.3 is 15.2 Å². The Balaban J connectivity index is 2.58. The number of carboxylic acids is 1. The molecule has 1 aromatic carbocycles. The van der Waals surface area contributed by atoms with Crippen LogP contribution in [0.1, 0.15) is 39.7 Å². The topological polar surface area (TPSA) is 75.6 Å². The quantitative estimate of drug-likeness (QED) is 0.846. The van der Waals surface area contributed by atoms with Crippen molar-refractivity contribution in [3.8, 4) is 0 Å². The van der Waals surface area contributed by atoms with E-state index in [0.717, 1.165) is 5.56 Å². The number of rotatable bonds is 6. The Morgan fingerprint density at radius 3 is 2.23 bits per heavy atom. The van der Waals surface area contributed by atoms with E-state index in [0.29, 0.717) is 12.8 Å². The number of aliphatic carboxylic acids is 1. The zero-order valence-electron chi connectivity index (χ0n) is 13.7. The van der Waals surface area contributed by atoms with Crippen molar-refractivity contribution in [1.29, 1.82) is 0 Å². The number of carbonyl (C=O) groups excluding carboxylic acids is 1. The lowest BCUT2D eigenvalue weighted by Gasteiger charge is -2.25. The summed E-state index contributed by atoms with van der Waals surface area (Å²) in [6, 6.07) is 9.48. The van der Waals surface area contributed by atoms with Crippen LogP contribution in [0.3, 0.4) is 0 Å². The highest BCUT2D eigenvalue weighted by Crippen LogP contribution is 2.26. The van der Waals surface area contributed by atoms with Gasteiger partial charge in [0.05, 0.1) is 5.41 Å². The van der Waals surface area contributed by atoms with Crippen molar-refractivity contribution in [3.63, 3.8) is 0 Å². The molecule has 1 atom stereocenters. The fraction of sp³-hybridized carbons (Fsp3) is 0.529. The van der Waals surface area contributed by atoms with Gasteiger partial charge in [0.1, 0.15) is 5.60 Å². The molecule has 0 fully saturated rings. The van der Waals surface area contributed by atoms with Crippen LogP contribution in [-0.2, 0) is 16.0 Å². The van der Waals surface area contributed by atoms with Crippen molar-refractivity contribution in [2.24, 2.45) is 5.41 Å². The average Bonchev–Trinajstić information content (AvgIpc) is 2.37. The Kier molecular flexibility index (Phi) is 5.97. The SMILES string of the molecule is CC(C)(C)OC(=O)NCC[C@](C)(Cc1ccccc1)C(=O)O. The third-order valence-electron chi connectivity index (χ3n) is 3.30. The van der Waals surface area contributed by atoms with E-state index < -0.39 is 23.1 Å². The largest absolute Gasteiger partial charge is 0.481 e. The molecular formula is C17H25NO4. The van der Waals surface area contributed by atoms with E-state index in [1.165, 1.54) is 0 Å². The first-order chi connectivity index (χ1) is 10.1. The molecule has 0 aliphatic heterocycles. The number of hydrogen-bond donors (Lipinski definition) is 2. The van der Waals surface area contributed by atoms with Crippen LogP contribution in [-0.4, -0.2) is 29.3 Å². The van der Waals surface area contributed by atoms with Crippen LogP contribution < -0.4 is 5.32 Å². The fourth-order valence-electron chi connectivity index (χ4n) is 2.07. The lowest BCUT2D eigenvalue weighted by atomic mass is 9.80. The molecule has 1 amide bonds. The lowest BCUT2D eigenvalue weighted by molar-refractivity contribution is -0.148. The molecule has 1 aromatic rings. The first-order valence-electron chi connectivity index (χ1n) is 7.37. The van der Waals surface area contributed by atoms with Crippen molar-refractivity contribution in [1.82, 2.24) is 5.32 Å². The number of hydrogen-bond acceptors (Lipinski definition) is 3. The molecule has 0 bridgehead atoms. The summed E-state index contributed by atoms with van der Waals surface area (Å²) in [7, 11) is 0. The summed E-state index contributed by atoms with van der Waals surface area (Å²) in [5, 5.41) is 12.1. The normalized spacial score (nSPS) is 14.0. The molecule has 0 radical (unpaired) electrons. The third kappa shape index (κ3) is 6.16. The van der Waals surface area contributed by atoms with Crippen molar-refractivity contribution in [2.75, 3.05) is 6.54 Å². The first-order valence-corrected chi connectivity index (χ1v) is 7.37. The van der Waals surface area contributed by atoms with Gasteiger partial charge in [0.2, 0.25) is 0 Å². The molecule has 2 N–H and O–H groups in total. The zero-order valence-corrected chi connectivity index (χ0v) is 13.7. The summed E-state index contributed by atoms with van der Waals surface area (Å²) in [6.45, 7) is 7.29. The molecule has 122 valence electrons. The Morgan fingerprint density at radius 2 is 1.73 bits per heavy atom. The highest BCUT2D eigenvalue weighted by atomic mass is 16.6. The maximum atomic E-state index is 11.6. The van der Waals surface area contributed by atoms with Crippen LogP contribution in [0.25, 0.3) is 0 Å². The summed E-state index contributed by atoms with van der Waals surface area (Å²) in [5.41, 5.74) is -0.537. The predicted molar refractivity (Wildman–Crippen MR) is 84.7 cm³/mol. The monoisotopic (exact) mass is 307 g/mol. The maximum absolute atomic E-state index is 11.6. The van der Waals surface area contributed by atoms with Crippen molar-refractivity contribution in [2.45, 2.75) is 46.1 Å². The number of carbonyl (C=O) groups is 2. The van der Waals surface area contributed by atoms with Crippen LogP contribution in [0.15, 0.2) is 30.3 Å². The van der Waals surface area contributed by atoms with Gasteiger partial charge in [-0.2, -0.15) is 0 Å².